The molecule has 5 nitrogen and oxygen atoms in total. The van der Waals surface area contributed by atoms with Crippen LogP contribution in [0.15, 0.2) is 36.4 Å². The van der Waals surface area contributed by atoms with E-state index in [4.69, 9.17) is 0 Å². The van der Waals surface area contributed by atoms with Crippen LogP contribution in [0, 0.1) is 5.41 Å². The second kappa shape index (κ2) is 6.24. The molecule has 1 heterocycles. The van der Waals surface area contributed by atoms with E-state index in [-0.39, 0.29) is 22.1 Å². The molecule has 0 fully saturated rings. The average Bonchev–Trinajstić information content (AvgIpc) is 2.96. The van der Waals surface area contributed by atoms with E-state index in [9.17, 15) is 9.90 Å². The van der Waals surface area contributed by atoms with Crippen molar-refractivity contribution in [2.24, 2.45) is 5.41 Å². The van der Waals surface area contributed by atoms with Gasteiger partial charge in [-0.1, -0.05) is 46.8 Å². The van der Waals surface area contributed by atoms with Crippen molar-refractivity contribution in [2.45, 2.75) is 46.5 Å². The van der Waals surface area contributed by atoms with Gasteiger partial charge in [-0.2, -0.15) is 0 Å². The van der Waals surface area contributed by atoms with E-state index in [0.29, 0.717) is 12.0 Å². The topological polar surface area (TPSA) is 68.0 Å². The molecule has 0 radical (unpaired) electrons. The fourth-order valence-corrected chi connectivity index (χ4v) is 3.67. The number of fused-ring (bicyclic) bond motifs is 1. The molecule has 0 atom stereocenters. The van der Waals surface area contributed by atoms with Gasteiger partial charge < -0.3 is 5.11 Å². The first-order valence-corrected chi connectivity index (χ1v) is 8.76. The maximum atomic E-state index is 11.5. The highest BCUT2D eigenvalue weighted by atomic mass is 16.3. The number of phenols is 1. The van der Waals surface area contributed by atoms with Gasteiger partial charge in [-0.05, 0) is 47.1 Å². The van der Waals surface area contributed by atoms with Crippen LogP contribution < -0.4 is 0 Å². The number of nitrogens with zero attached hydrogens (tertiary/aromatic N) is 3. The molecule has 0 unspecified atom stereocenters. The highest BCUT2D eigenvalue weighted by molar-refractivity contribution is 5.82. The first-order valence-electron chi connectivity index (χ1n) is 8.76. The van der Waals surface area contributed by atoms with Gasteiger partial charge >= 0.3 is 0 Å². The zero-order chi connectivity index (χ0) is 19.1. The first-order chi connectivity index (χ1) is 12.1. The smallest absolute Gasteiger partial charge is 0.153 e. The number of aldehydes is 1. The molecule has 3 rings (SSSR count). The summed E-state index contributed by atoms with van der Waals surface area (Å²) in [6.45, 7) is 10.9. The predicted molar refractivity (Wildman–Crippen MR) is 103 cm³/mol. The Morgan fingerprint density at radius 1 is 1.04 bits per heavy atom. The van der Waals surface area contributed by atoms with Crippen molar-refractivity contribution >= 4 is 17.3 Å². The monoisotopic (exact) mass is 351 g/mol. The number of carbonyl (C=O) groups is 1. The molecule has 3 aromatic rings. The Morgan fingerprint density at radius 3 is 2.12 bits per heavy atom. The normalized spacial score (nSPS) is 12.5. The predicted octanol–water partition coefficient (Wildman–Crippen LogP) is 4.65. The van der Waals surface area contributed by atoms with Gasteiger partial charge in [0, 0.05) is 0 Å². The third kappa shape index (κ3) is 3.47. The first kappa shape index (κ1) is 18.1. The van der Waals surface area contributed by atoms with Crippen molar-refractivity contribution < 1.29 is 9.90 Å². The third-order valence-electron chi connectivity index (χ3n) is 4.50. The molecule has 0 bridgehead atoms. The highest BCUT2D eigenvalue weighted by Crippen LogP contribution is 2.39. The van der Waals surface area contributed by atoms with Crippen molar-refractivity contribution in [3.63, 3.8) is 0 Å². The fourth-order valence-electron chi connectivity index (χ4n) is 3.67. The second-order valence-corrected chi connectivity index (χ2v) is 8.65. The van der Waals surface area contributed by atoms with Gasteiger partial charge in [-0.15, -0.1) is 15.0 Å². The number of aromatic nitrogens is 3. The number of hydrogen-bond acceptors (Lipinski definition) is 4. The minimum absolute atomic E-state index is 0.101. The number of phenolic OH excluding ortho intramolecular Hbond substituents is 1. The molecular formula is C21H25N3O2. The minimum atomic E-state index is -0.176. The van der Waals surface area contributed by atoms with Crippen LogP contribution in [0.1, 0.15) is 57.0 Å². The molecule has 0 amide bonds. The molecule has 26 heavy (non-hydrogen) atoms. The van der Waals surface area contributed by atoms with E-state index in [1.807, 2.05) is 30.3 Å². The van der Waals surface area contributed by atoms with Gasteiger partial charge in [0.05, 0.1) is 5.56 Å². The summed E-state index contributed by atoms with van der Waals surface area (Å²) in [5.74, 6) is -0.101. The van der Waals surface area contributed by atoms with Crippen LogP contribution >= 0.6 is 0 Å². The van der Waals surface area contributed by atoms with Crippen LogP contribution in [0.2, 0.25) is 0 Å². The number of benzene rings is 2. The van der Waals surface area contributed by atoms with Crippen LogP contribution in [0.25, 0.3) is 16.7 Å². The summed E-state index contributed by atoms with van der Waals surface area (Å²) in [7, 11) is 0. The number of carbonyl (C=O) groups excluding carboxylic acids is 1. The number of rotatable bonds is 4. The third-order valence-corrected chi connectivity index (χ3v) is 4.50. The van der Waals surface area contributed by atoms with Crippen LogP contribution in [0.3, 0.4) is 0 Å². The van der Waals surface area contributed by atoms with Crippen LogP contribution in [-0.4, -0.2) is 26.4 Å². The van der Waals surface area contributed by atoms with Gasteiger partial charge in [0.15, 0.2) is 12.0 Å². The molecule has 0 spiro atoms. The summed E-state index contributed by atoms with van der Waals surface area (Å²) >= 11 is 0. The van der Waals surface area contributed by atoms with E-state index < -0.39 is 0 Å². The summed E-state index contributed by atoms with van der Waals surface area (Å²) in [6.07, 6.45) is 1.61. The minimum Gasteiger partial charge on any atom is -0.505 e. The zero-order valence-electron chi connectivity index (χ0n) is 15.9. The van der Waals surface area contributed by atoms with Crippen molar-refractivity contribution in [1.29, 1.82) is 0 Å². The summed E-state index contributed by atoms with van der Waals surface area (Å²) in [6, 6.07) is 11.2. The van der Waals surface area contributed by atoms with Gasteiger partial charge in [-0.25, -0.2) is 0 Å². The highest BCUT2D eigenvalue weighted by Gasteiger charge is 2.29. The van der Waals surface area contributed by atoms with Gasteiger partial charge in [-0.3, -0.25) is 4.79 Å². The SMILES string of the molecule is CC(C)(C)CC(C)(C)c1cc(C=O)c(O)c(-n2nc3ccccc3n2)c1. The Bertz CT molecular complexity index is 932. The molecule has 0 aliphatic carbocycles. The van der Waals surface area contributed by atoms with E-state index >= 15 is 0 Å². The van der Waals surface area contributed by atoms with Crippen molar-refractivity contribution in [3.8, 4) is 11.4 Å². The summed E-state index contributed by atoms with van der Waals surface area (Å²) in [5, 5.41) is 19.5. The van der Waals surface area contributed by atoms with Crippen molar-refractivity contribution in [3.05, 3.63) is 47.5 Å². The van der Waals surface area contributed by atoms with Crippen molar-refractivity contribution in [1.82, 2.24) is 15.0 Å². The van der Waals surface area contributed by atoms with E-state index in [0.717, 1.165) is 23.0 Å². The van der Waals surface area contributed by atoms with Crippen LogP contribution in [0.5, 0.6) is 5.75 Å². The molecule has 1 N–H and O–H groups in total. The van der Waals surface area contributed by atoms with E-state index in [2.05, 4.69) is 44.8 Å². The Labute approximate surface area is 153 Å². The fraction of sp³-hybridized carbons (Fsp3) is 0.381. The molecule has 0 aliphatic rings. The van der Waals surface area contributed by atoms with Crippen LogP contribution in [0.4, 0.5) is 0 Å². The quantitative estimate of drug-likeness (QED) is 0.695. The molecule has 136 valence electrons. The average molecular weight is 351 g/mol. The van der Waals surface area contributed by atoms with Crippen LogP contribution in [-0.2, 0) is 5.41 Å². The van der Waals surface area contributed by atoms with E-state index in [1.165, 1.54) is 4.80 Å². The maximum Gasteiger partial charge on any atom is 0.153 e. The van der Waals surface area contributed by atoms with Crippen molar-refractivity contribution in [2.75, 3.05) is 0 Å². The summed E-state index contributed by atoms with van der Waals surface area (Å²) in [5.41, 5.74) is 3.07. The lowest BCUT2D eigenvalue weighted by atomic mass is 9.72. The molecule has 0 aliphatic heterocycles. The summed E-state index contributed by atoms with van der Waals surface area (Å²) in [4.78, 5) is 12.9. The molecule has 0 saturated carbocycles. The lowest BCUT2D eigenvalue weighted by Gasteiger charge is -2.33. The maximum absolute atomic E-state index is 11.5. The number of aromatic hydroxyl groups is 1. The van der Waals surface area contributed by atoms with E-state index in [1.54, 1.807) is 6.07 Å². The molecule has 5 heteroatoms. The zero-order valence-corrected chi connectivity index (χ0v) is 15.9. The Kier molecular flexibility index (Phi) is 4.34. The summed E-state index contributed by atoms with van der Waals surface area (Å²) < 4.78 is 0. The lowest BCUT2D eigenvalue weighted by molar-refractivity contribution is 0.112. The lowest BCUT2D eigenvalue weighted by Crippen LogP contribution is -2.25. The number of hydrogen-bond donors (Lipinski definition) is 1. The molecular weight excluding hydrogens is 326 g/mol. The Hall–Kier alpha value is -2.69. The second-order valence-electron chi connectivity index (χ2n) is 8.65. The Balaban J connectivity index is 2.17. The largest absolute Gasteiger partial charge is 0.505 e. The standard InChI is InChI=1S/C21H25N3O2/c1-20(2,3)13-21(4,5)15-10-14(12-25)19(26)18(11-15)24-22-16-8-6-7-9-17(16)23-24/h6-12,26H,13H2,1-5H3. The molecule has 0 saturated heterocycles. The molecule has 2 aromatic carbocycles. The van der Waals surface area contributed by atoms with Gasteiger partial charge in [0.1, 0.15) is 16.7 Å². The van der Waals surface area contributed by atoms with Gasteiger partial charge in [0.25, 0.3) is 0 Å². The van der Waals surface area contributed by atoms with Gasteiger partial charge in [0.2, 0.25) is 0 Å². The molecule has 1 aromatic heterocycles. The Morgan fingerprint density at radius 2 is 1.62 bits per heavy atom.